The summed E-state index contributed by atoms with van der Waals surface area (Å²) in [6.45, 7) is 3.20. The van der Waals surface area contributed by atoms with Gasteiger partial charge in [-0.25, -0.2) is 4.98 Å². The molecule has 1 aromatic rings. The summed E-state index contributed by atoms with van der Waals surface area (Å²) >= 11 is 0. The summed E-state index contributed by atoms with van der Waals surface area (Å²) in [6, 6.07) is 3.91. The number of anilines is 2. The van der Waals surface area contributed by atoms with Crippen molar-refractivity contribution in [2.75, 3.05) is 36.5 Å². The zero-order valence-corrected chi connectivity index (χ0v) is 13.3. The van der Waals surface area contributed by atoms with Crippen molar-refractivity contribution in [2.45, 2.75) is 25.3 Å². The molecule has 2 bridgehead atoms. The van der Waals surface area contributed by atoms with Gasteiger partial charge in [-0.3, -0.25) is 4.79 Å². The van der Waals surface area contributed by atoms with E-state index < -0.39 is 0 Å². The Morgan fingerprint density at radius 1 is 1.26 bits per heavy atom. The lowest BCUT2D eigenvalue weighted by molar-refractivity contribution is -0.121. The lowest BCUT2D eigenvalue weighted by Crippen LogP contribution is -2.42. The number of morpholine rings is 1. The highest BCUT2D eigenvalue weighted by Gasteiger charge is 2.49. The largest absolute Gasteiger partial charge is 0.378 e. The van der Waals surface area contributed by atoms with Gasteiger partial charge in [-0.05, 0) is 43.2 Å². The number of hydrogen-bond donors (Lipinski definition) is 2. The number of rotatable bonds is 3. The zero-order chi connectivity index (χ0) is 15.8. The molecule has 1 aromatic heterocycles. The van der Waals surface area contributed by atoms with E-state index in [4.69, 9.17) is 10.5 Å². The summed E-state index contributed by atoms with van der Waals surface area (Å²) in [5.74, 6) is 1.97. The quantitative estimate of drug-likeness (QED) is 0.877. The molecule has 0 radical (unpaired) electrons. The molecule has 124 valence electrons. The van der Waals surface area contributed by atoms with Crippen LogP contribution in [0.25, 0.3) is 0 Å². The maximum atomic E-state index is 12.6. The Morgan fingerprint density at radius 2 is 2.04 bits per heavy atom. The van der Waals surface area contributed by atoms with Crippen LogP contribution in [-0.4, -0.2) is 43.2 Å². The molecule has 4 rings (SSSR count). The number of hydrogen-bond acceptors (Lipinski definition) is 5. The summed E-state index contributed by atoms with van der Waals surface area (Å²) in [5, 5.41) is 3.00. The average molecular weight is 316 g/mol. The van der Waals surface area contributed by atoms with Crippen LogP contribution in [0.1, 0.15) is 19.3 Å². The Kier molecular flexibility index (Phi) is 3.95. The minimum atomic E-state index is -0.0346. The third-order valence-corrected chi connectivity index (χ3v) is 5.63. The minimum absolute atomic E-state index is 0.0225. The number of carbonyl (C=O) groups is 1. The Bertz CT molecular complexity index is 568. The normalized spacial score (nSPS) is 33.0. The van der Waals surface area contributed by atoms with Gasteiger partial charge in [0.05, 0.1) is 31.0 Å². The number of ether oxygens (including phenoxy) is 1. The first-order chi connectivity index (χ1) is 11.2. The van der Waals surface area contributed by atoms with E-state index in [1.807, 2.05) is 12.1 Å². The number of amides is 1. The van der Waals surface area contributed by atoms with E-state index >= 15 is 0 Å². The molecule has 2 heterocycles. The smallest absolute Gasteiger partial charge is 0.229 e. The van der Waals surface area contributed by atoms with Gasteiger partial charge < -0.3 is 20.7 Å². The van der Waals surface area contributed by atoms with E-state index in [0.29, 0.717) is 11.8 Å². The molecule has 4 unspecified atom stereocenters. The number of aromatic nitrogens is 1. The Hall–Kier alpha value is -1.66. The first kappa shape index (κ1) is 14.9. The number of fused-ring (bicyclic) bond motifs is 2. The van der Waals surface area contributed by atoms with Crippen LogP contribution in [0.5, 0.6) is 0 Å². The SMILES string of the molecule is NC1C2CCC(C2)C1C(=O)Nc1ccc(N2CCOCC2)nc1. The fourth-order valence-corrected chi connectivity index (χ4v) is 4.39. The Labute approximate surface area is 136 Å². The molecule has 3 N–H and O–H groups in total. The molecule has 0 aromatic carbocycles. The van der Waals surface area contributed by atoms with Crippen LogP contribution >= 0.6 is 0 Å². The van der Waals surface area contributed by atoms with Gasteiger partial charge in [0.25, 0.3) is 0 Å². The number of carbonyl (C=O) groups excluding carboxylic acids is 1. The second kappa shape index (κ2) is 6.09. The van der Waals surface area contributed by atoms with Crippen molar-refractivity contribution in [3.63, 3.8) is 0 Å². The molecular formula is C17H24N4O2. The van der Waals surface area contributed by atoms with E-state index in [9.17, 15) is 4.79 Å². The van der Waals surface area contributed by atoms with Crippen LogP contribution in [0, 0.1) is 17.8 Å². The van der Waals surface area contributed by atoms with Crippen molar-refractivity contribution in [3.8, 4) is 0 Å². The second-order valence-corrected chi connectivity index (χ2v) is 6.93. The van der Waals surface area contributed by atoms with Crippen molar-refractivity contribution in [3.05, 3.63) is 18.3 Å². The molecule has 1 saturated heterocycles. The topological polar surface area (TPSA) is 80.5 Å². The number of nitrogens with two attached hydrogens (primary N) is 1. The highest BCUT2D eigenvalue weighted by molar-refractivity contribution is 5.93. The molecule has 1 amide bonds. The summed E-state index contributed by atoms with van der Waals surface area (Å²) in [5.41, 5.74) is 7.00. The van der Waals surface area contributed by atoms with Crippen LogP contribution < -0.4 is 16.0 Å². The van der Waals surface area contributed by atoms with Crippen molar-refractivity contribution in [1.82, 2.24) is 4.98 Å². The van der Waals surface area contributed by atoms with Gasteiger partial charge >= 0.3 is 0 Å². The maximum Gasteiger partial charge on any atom is 0.229 e. The molecule has 2 aliphatic carbocycles. The fourth-order valence-electron chi connectivity index (χ4n) is 4.39. The summed E-state index contributed by atoms with van der Waals surface area (Å²) in [4.78, 5) is 19.2. The van der Waals surface area contributed by atoms with Gasteiger partial charge in [0, 0.05) is 19.1 Å². The Balaban J connectivity index is 1.40. The zero-order valence-electron chi connectivity index (χ0n) is 13.3. The van der Waals surface area contributed by atoms with Gasteiger partial charge in [-0.15, -0.1) is 0 Å². The molecule has 3 fully saturated rings. The second-order valence-electron chi connectivity index (χ2n) is 6.93. The third kappa shape index (κ3) is 2.81. The van der Waals surface area contributed by atoms with E-state index in [0.717, 1.165) is 50.7 Å². The van der Waals surface area contributed by atoms with E-state index in [1.165, 1.54) is 6.42 Å². The van der Waals surface area contributed by atoms with Crippen LogP contribution in [0.2, 0.25) is 0 Å². The van der Waals surface area contributed by atoms with Crippen LogP contribution in [0.3, 0.4) is 0 Å². The Morgan fingerprint density at radius 3 is 2.70 bits per heavy atom. The molecule has 23 heavy (non-hydrogen) atoms. The highest BCUT2D eigenvalue weighted by atomic mass is 16.5. The lowest BCUT2D eigenvalue weighted by Gasteiger charge is -2.28. The van der Waals surface area contributed by atoms with Gasteiger partial charge in [0.1, 0.15) is 5.82 Å². The van der Waals surface area contributed by atoms with Crippen LogP contribution in [0.4, 0.5) is 11.5 Å². The molecule has 3 aliphatic rings. The van der Waals surface area contributed by atoms with Crippen LogP contribution in [-0.2, 0) is 9.53 Å². The predicted octanol–water partition coefficient (Wildman–Crippen LogP) is 1.23. The monoisotopic (exact) mass is 316 g/mol. The van der Waals surface area contributed by atoms with Gasteiger partial charge in [-0.2, -0.15) is 0 Å². The predicted molar refractivity (Wildman–Crippen MR) is 88.2 cm³/mol. The summed E-state index contributed by atoms with van der Waals surface area (Å²) in [7, 11) is 0. The van der Waals surface area contributed by atoms with E-state index in [1.54, 1.807) is 6.20 Å². The summed E-state index contributed by atoms with van der Waals surface area (Å²) < 4.78 is 5.35. The molecule has 2 saturated carbocycles. The number of nitrogens with zero attached hydrogens (tertiary/aromatic N) is 2. The van der Waals surface area contributed by atoms with E-state index in [-0.39, 0.29) is 17.9 Å². The molecule has 0 spiro atoms. The maximum absolute atomic E-state index is 12.6. The van der Waals surface area contributed by atoms with Crippen molar-refractivity contribution < 1.29 is 9.53 Å². The highest BCUT2D eigenvalue weighted by Crippen LogP contribution is 2.47. The number of nitrogens with one attached hydrogen (secondary N) is 1. The minimum Gasteiger partial charge on any atom is -0.378 e. The van der Waals surface area contributed by atoms with Crippen molar-refractivity contribution >= 4 is 17.4 Å². The fraction of sp³-hybridized carbons (Fsp3) is 0.647. The summed E-state index contributed by atoms with van der Waals surface area (Å²) in [6.07, 6.45) is 5.19. The first-order valence-corrected chi connectivity index (χ1v) is 8.57. The molecular weight excluding hydrogens is 292 g/mol. The first-order valence-electron chi connectivity index (χ1n) is 8.57. The van der Waals surface area contributed by atoms with Crippen molar-refractivity contribution in [2.24, 2.45) is 23.5 Å². The number of pyridine rings is 1. The van der Waals surface area contributed by atoms with Gasteiger partial charge in [0.15, 0.2) is 0 Å². The van der Waals surface area contributed by atoms with Gasteiger partial charge in [-0.1, -0.05) is 0 Å². The van der Waals surface area contributed by atoms with Crippen LogP contribution in [0.15, 0.2) is 18.3 Å². The molecule has 4 atom stereocenters. The average Bonchev–Trinajstić information content (AvgIpc) is 3.17. The third-order valence-electron chi connectivity index (χ3n) is 5.63. The molecule has 6 heteroatoms. The standard InChI is InChI=1S/C17H24N4O2/c18-16-12-2-1-11(9-12)15(16)17(22)20-13-3-4-14(19-10-13)21-5-7-23-8-6-21/h3-4,10-12,15-16H,1-2,5-9,18H2,(H,20,22). The lowest BCUT2D eigenvalue weighted by atomic mass is 9.84. The van der Waals surface area contributed by atoms with Gasteiger partial charge in [0.2, 0.25) is 5.91 Å². The molecule has 6 nitrogen and oxygen atoms in total. The van der Waals surface area contributed by atoms with E-state index in [2.05, 4.69) is 15.2 Å². The van der Waals surface area contributed by atoms with Crippen molar-refractivity contribution in [1.29, 1.82) is 0 Å². The molecule has 1 aliphatic heterocycles.